The van der Waals surface area contributed by atoms with Crippen molar-refractivity contribution in [3.8, 4) is 0 Å². The molecule has 2 nitrogen and oxygen atoms in total. The Morgan fingerprint density at radius 3 is 2.94 bits per heavy atom. The number of aromatic nitrogens is 1. The van der Waals surface area contributed by atoms with E-state index >= 15 is 0 Å². The molecule has 2 rings (SSSR count). The third-order valence-corrected chi connectivity index (χ3v) is 4.16. The highest BCUT2D eigenvalue weighted by atomic mass is 79.9. The normalized spacial score (nSPS) is 24.9. The summed E-state index contributed by atoms with van der Waals surface area (Å²) in [6, 6.07) is 4.00. The van der Waals surface area contributed by atoms with Crippen molar-refractivity contribution < 1.29 is 4.79 Å². The van der Waals surface area contributed by atoms with Gasteiger partial charge in [-0.1, -0.05) is 13.3 Å². The summed E-state index contributed by atoms with van der Waals surface area (Å²) < 4.78 is 0.989. The molecule has 1 saturated carbocycles. The number of hydrogen-bond acceptors (Lipinski definition) is 2. The third-order valence-electron chi connectivity index (χ3n) is 3.69. The van der Waals surface area contributed by atoms with Crippen molar-refractivity contribution in [3.63, 3.8) is 0 Å². The van der Waals surface area contributed by atoms with E-state index in [0.717, 1.165) is 41.8 Å². The van der Waals surface area contributed by atoms with E-state index in [1.807, 2.05) is 12.1 Å². The molecular weight excluding hydrogens is 278 g/mol. The summed E-state index contributed by atoms with van der Waals surface area (Å²) >= 11 is 3.37. The van der Waals surface area contributed by atoms with Gasteiger partial charge < -0.3 is 0 Å². The van der Waals surface area contributed by atoms with Gasteiger partial charge in [0, 0.05) is 28.7 Å². The monoisotopic (exact) mass is 295 g/mol. The van der Waals surface area contributed by atoms with Gasteiger partial charge in [0.15, 0.2) is 0 Å². The standard InChI is InChI=1S/C14H18BrNO/c1-2-10-3-6-14(17)11(7-10)8-13-5-4-12(15)9-16-13/h4-5,9-11H,2-3,6-8H2,1H3. The maximum Gasteiger partial charge on any atom is 0.136 e. The molecule has 17 heavy (non-hydrogen) atoms. The van der Waals surface area contributed by atoms with Gasteiger partial charge in [-0.3, -0.25) is 9.78 Å². The SMILES string of the molecule is CCC1CCC(=O)C(Cc2ccc(Br)cn2)C1. The molecule has 0 spiro atoms. The number of hydrogen-bond donors (Lipinski definition) is 0. The fraction of sp³-hybridized carbons (Fsp3) is 0.571. The zero-order chi connectivity index (χ0) is 12.3. The number of carbonyl (C=O) groups excluding carboxylic acids is 1. The van der Waals surface area contributed by atoms with Crippen LogP contribution in [-0.4, -0.2) is 10.8 Å². The minimum absolute atomic E-state index is 0.197. The van der Waals surface area contributed by atoms with E-state index in [9.17, 15) is 4.79 Å². The third kappa shape index (κ3) is 3.38. The molecule has 1 heterocycles. The average molecular weight is 296 g/mol. The first kappa shape index (κ1) is 12.7. The molecule has 0 N–H and O–H groups in total. The Hall–Kier alpha value is -0.700. The van der Waals surface area contributed by atoms with Crippen molar-refractivity contribution in [3.05, 3.63) is 28.5 Å². The number of Topliss-reactive ketones (excluding diaryl/α,β-unsaturated/α-hetero) is 1. The number of nitrogens with zero attached hydrogens (tertiary/aromatic N) is 1. The summed E-state index contributed by atoms with van der Waals surface area (Å²) in [6.07, 6.45) is 6.70. The Balaban J connectivity index is 2.01. The average Bonchev–Trinajstić information content (AvgIpc) is 2.35. The van der Waals surface area contributed by atoms with E-state index in [1.165, 1.54) is 6.42 Å². The molecule has 0 aliphatic heterocycles. The second-order valence-electron chi connectivity index (χ2n) is 4.88. The van der Waals surface area contributed by atoms with Crippen LogP contribution in [0.5, 0.6) is 0 Å². The zero-order valence-corrected chi connectivity index (χ0v) is 11.7. The Morgan fingerprint density at radius 1 is 1.47 bits per heavy atom. The Labute approximate surface area is 111 Å². The van der Waals surface area contributed by atoms with Crippen molar-refractivity contribution in [1.29, 1.82) is 0 Å². The van der Waals surface area contributed by atoms with Crippen LogP contribution in [0.15, 0.2) is 22.8 Å². The van der Waals surface area contributed by atoms with Crippen LogP contribution < -0.4 is 0 Å². The zero-order valence-electron chi connectivity index (χ0n) is 10.2. The highest BCUT2D eigenvalue weighted by Crippen LogP contribution is 2.30. The number of carbonyl (C=O) groups is 1. The fourth-order valence-electron chi connectivity index (χ4n) is 2.55. The predicted molar refractivity (Wildman–Crippen MR) is 71.8 cm³/mol. The highest BCUT2D eigenvalue weighted by Gasteiger charge is 2.27. The van der Waals surface area contributed by atoms with Gasteiger partial charge in [-0.15, -0.1) is 0 Å². The van der Waals surface area contributed by atoms with E-state index in [1.54, 1.807) is 6.20 Å². The summed E-state index contributed by atoms with van der Waals surface area (Å²) in [7, 11) is 0. The van der Waals surface area contributed by atoms with E-state index in [0.29, 0.717) is 5.78 Å². The van der Waals surface area contributed by atoms with Gasteiger partial charge in [-0.25, -0.2) is 0 Å². The van der Waals surface area contributed by atoms with Crippen LogP contribution >= 0.6 is 15.9 Å². The number of rotatable bonds is 3. The molecule has 92 valence electrons. The van der Waals surface area contributed by atoms with Crippen LogP contribution in [0.1, 0.15) is 38.3 Å². The lowest BCUT2D eigenvalue weighted by molar-refractivity contribution is -0.125. The lowest BCUT2D eigenvalue weighted by atomic mass is 9.77. The Bertz CT molecular complexity index is 388. The molecule has 1 aliphatic carbocycles. The molecule has 0 bridgehead atoms. The van der Waals surface area contributed by atoms with Crippen LogP contribution in [0.2, 0.25) is 0 Å². The van der Waals surface area contributed by atoms with E-state index in [-0.39, 0.29) is 5.92 Å². The summed E-state index contributed by atoms with van der Waals surface area (Å²) in [5.41, 5.74) is 1.03. The molecule has 1 aromatic heterocycles. The van der Waals surface area contributed by atoms with E-state index in [2.05, 4.69) is 27.8 Å². The van der Waals surface area contributed by atoms with Gasteiger partial charge in [-0.2, -0.15) is 0 Å². The van der Waals surface area contributed by atoms with Crippen molar-refractivity contribution in [2.24, 2.45) is 11.8 Å². The molecule has 1 aromatic rings. The lowest BCUT2D eigenvalue weighted by Crippen LogP contribution is -2.26. The first-order chi connectivity index (χ1) is 8.19. The summed E-state index contributed by atoms with van der Waals surface area (Å²) in [4.78, 5) is 16.2. The topological polar surface area (TPSA) is 30.0 Å². The molecule has 3 heteroatoms. The maximum atomic E-state index is 11.9. The smallest absolute Gasteiger partial charge is 0.136 e. The van der Waals surface area contributed by atoms with E-state index in [4.69, 9.17) is 0 Å². The summed E-state index contributed by atoms with van der Waals surface area (Å²) in [5.74, 6) is 1.36. The molecule has 0 aromatic carbocycles. The van der Waals surface area contributed by atoms with Gasteiger partial charge in [0.05, 0.1) is 0 Å². The Morgan fingerprint density at radius 2 is 2.29 bits per heavy atom. The molecule has 0 radical (unpaired) electrons. The van der Waals surface area contributed by atoms with Crippen molar-refractivity contribution in [2.45, 2.75) is 39.0 Å². The molecule has 1 aliphatic rings. The summed E-state index contributed by atoms with van der Waals surface area (Å²) in [6.45, 7) is 2.22. The van der Waals surface area contributed by atoms with Crippen LogP contribution in [0, 0.1) is 11.8 Å². The predicted octanol–water partition coefficient (Wildman–Crippen LogP) is 3.78. The molecule has 2 atom stereocenters. The van der Waals surface area contributed by atoms with Crippen LogP contribution in [-0.2, 0) is 11.2 Å². The van der Waals surface area contributed by atoms with Crippen LogP contribution in [0.3, 0.4) is 0 Å². The second-order valence-corrected chi connectivity index (χ2v) is 5.80. The fourth-order valence-corrected chi connectivity index (χ4v) is 2.78. The van der Waals surface area contributed by atoms with Gasteiger partial charge in [0.1, 0.15) is 5.78 Å². The van der Waals surface area contributed by atoms with Crippen molar-refractivity contribution >= 4 is 21.7 Å². The van der Waals surface area contributed by atoms with Gasteiger partial charge in [0.2, 0.25) is 0 Å². The van der Waals surface area contributed by atoms with Crippen LogP contribution in [0.4, 0.5) is 0 Å². The molecular formula is C14H18BrNO. The van der Waals surface area contributed by atoms with Crippen molar-refractivity contribution in [2.75, 3.05) is 0 Å². The quantitative estimate of drug-likeness (QED) is 0.849. The first-order valence-electron chi connectivity index (χ1n) is 6.32. The van der Waals surface area contributed by atoms with Crippen molar-refractivity contribution in [1.82, 2.24) is 4.98 Å². The minimum atomic E-state index is 0.197. The second kappa shape index (κ2) is 5.76. The van der Waals surface area contributed by atoms with Gasteiger partial charge >= 0.3 is 0 Å². The molecule has 2 unspecified atom stereocenters. The molecule has 0 amide bonds. The van der Waals surface area contributed by atoms with E-state index < -0.39 is 0 Å². The molecule has 1 fully saturated rings. The lowest BCUT2D eigenvalue weighted by Gasteiger charge is -2.27. The van der Waals surface area contributed by atoms with Gasteiger partial charge in [0.25, 0.3) is 0 Å². The van der Waals surface area contributed by atoms with Crippen LogP contribution in [0.25, 0.3) is 0 Å². The number of halogens is 1. The Kier molecular flexibility index (Phi) is 4.32. The number of ketones is 1. The summed E-state index contributed by atoms with van der Waals surface area (Å²) in [5, 5.41) is 0. The molecule has 0 saturated heterocycles. The first-order valence-corrected chi connectivity index (χ1v) is 7.11. The maximum absolute atomic E-state index is 11.9. The minimum Gasteiger partial charge on any atom is -0.299 e. The largest absolute Gasteiger partial charge is 0.299 e. The highest BCUT2D eigenvalue weighted by molar-refractivity contribution is 9.10. The number of pyridine rings is 1. The van der Waals surface area contributed by atoms with Gasteiger partial charge in [-0.05, 0) is 53.2 Å².